The van der Waals surface area contributed by atoms with Crippen LogP contribution in [0.5, 0.6) is 0 Å². The Labute approximate surface area is 288 Å². The number of piperazine rings is 2. The molecule has 2 saturated carbocycles. The fourth-order valence-electron chi connectivity index (χ4n) is 7.33. The van der Waals surface area contributed by atoms with Gasteiger partial charge in [-0.1, -0.05) is 12.6 Å². The molecule has 2 atom stereocenters. The van der Waals surface area contributed by atoms with Crippen molar-refractivity contribution in [2.24, 2.45) is 0 Å². The summed E-state index contributed by atoms with van der Waals surface area (Å²) >= 11 is 0. The van der Waals surface area contributed by atoms with Crippen molar-refractivity contribution in [2.75, 3.05) is 54.8 Å². The Morgan fingerprint density at radius 2 is 1.64 bits per heavy atom. The van der Waals surface area contributed by atoms with Crippen molar-refractivity contribution in [2.45, 2.75) is 63.5 Å². The lowest BCUT2D eigenvalue weighted by Gasteiger charge is -2.44. The number of carbonyl (C=O) groups is 1. The lowest BCUT2D eigenvalue weighted by molar-refractivity contribution is -0.128. The van der Waals surface area contributed by atoms with Crippen LogP contribution in [0.15, 0.2) is 41.7 Å². The fraction of sp³-hybridized carbons (Fsp3) is 0.444. The van der Waals surface area contributed by atoms with E-state index in [0.29, 0.717) is 24.7 Å². The molecule has 260 valence electrons. The van der Waals surface area contributed by atoms with Crippen LogP contribution in [-0.4, -0.2) is 86.7 Å². The number of benzene rings is 1. The summed E-state index contributed by atoms with van der Waals surface area (Å²) in [4.78, 5) is 52.6. The number of nitrogens with one attached hydrogen (secondary N) is 1. The number of nitrogens with two attached hydrogens (primary N) is 1. The minimum atomic E-state index is -0.807. The summed E-state index contributed by atoms with van der Waals surface area (Å²) in [6.07, 6.45) is 4.93. The Morgan fingerprint density at radius 3 is 2.26 bits per heavy atom. The van der Waals surface area contributed by atoms with Crippen molar-refractivity contribution >= 4 is 34.4 Å². The molecule has 2 aliphatic carbocycles. The Bertz CT molecular complexity index is 2040. The second-order valence-electron chi connectivity index (χ2n) is 13.9. The normalized spacial score (nSPS) is 21.2. The second kappa shape index (κ2) is 12.4. The Kier molecular flexibility index (Phi) is 8.00. The van der Waals surface area contributed by atoms with Gasteiger partial charge >= 0.3 is 5.69 Å². The predicted octanol–water partition coefficient (Wildman–Crippen LogP) is 3.87. The van der Waals surface area contributed by atoms with Gasteiger partial charge in [0.05, 0.1) is 28.0 Å². The fourth-order valence-corrected chi connectivity index (χ4v) is 7.33. The van der Waals surface area contributed by atoms with Crippen LogP contribution in [0.1, 0.15) is 62.8 Å². The first-order valence-corrected chi connectivity index (χ1v) is 17.4. The molecule has 4 aliphatic rings. The van der Waals surface area contributed by atoms with Crippen molar-refractivity contribution in [3.05, 3.63) is 70.4 Å². The molecule has 4 fully saturated rings. The average Bonchev–Trinajstić information content (AvgIpc) is 4.04. The van der Waals surface area contributed by atoms with E-state index in [4.69, 9.17) is 20.7 Å². The standard InChI is InChI=1S/C36H40F2N10O2/c1-4-27(49)46-17-20(3)47(18-19(46)2)33-23-16-25(38)31(28-24(37)6-5-7-26(28)39)41-34(23)48(36(50)44-33)32-29(21-8-9-21)42-35(43-30(32)22-10-11-22)45-14-12-40-13-15-45/h4-7,16,19-22,40H,1,8-15,17-18,39H2,2-3H3/t19-,20+/m1/s1. The summed E-state index contributed by atoms with van der Waals surface area (Å²) in [7, 11) is 0. The van der Waals surface area contributed by atoms with Crippen molar-refractivity contribution < 1.29 is 13.6 Å². The van der Waals surface area contributed by atoms with Crippen LogP contribution < -0.4 is 26.5 Å². The molecule has 50 heavy (non-hydrogen) atoms. The van der Waals surface area contributed by atoms with Gasteiger partial charge in [-0.3, -0.25) is 4.79 Å². The molecule has 2 saturated heterocycles. The third-order valence-corrected chi connectivity index (χ3v) is 10.3. The third kappa shape index (κ3) is 5.55. The molecule has 0 unspecified atom stereocenters. The molecule has 8 rings (SSSR count). The molecule has 0 spiro atoms. The molecule has 1 aromatic carbocycles. The van der Waals surface area contributed by atoms with Gasteiger partial charge in [-0.05, 0) is 63.8 Å². The number of hydrogen-bond donors (Lipinski definition) is 2. The lowest BCUT2D eigenvalue weighted by atomic mass is 10.1. The Hall–Kier alpha value is -4.98. The predicted molar refractivity (Wildman–Crippen MR) is 188 cm³/mol. The maximum atomic E-state index is 16.3. The number of carbonyl (C=O) groups excluding carboxylic acids is 1. The highest BCUT2D eigenvalue weighted by Gasteiger charge is 2.39. The maximum Gasteiger partial charge on any atom is 0.355 e. The van der Waals surface area contributed by atoms with Crippen LogP contribution >= 0.6 is 0 Å². The van der Waals surface area contributed by atoms with E-state index in [1.54, 1.807) is 4.90 Å². The highest BCUT2D eigenvalue weighted by atomic mass is 19.1. The van der Waals surface area contributed by atoms with E-state index in [0.717, 1.165) is 63.3 Å². The molecule has 0 radical (unpaired) electrons. The van der Waals surface area contributed by atoms with Gasteiger partial charge in [0.2, 0.25) is 11.9 Å². The Balaban J connectivity index is 1.39. The van der Waals surface area contributed by atoms with Crippen LogP contribution in [0.4, 0.5) is 26.2 Å². The topological polar surface area (TPSA) is 138 Å². The van der Waals surface area contributed by atoms with Gasteiger partial charge in [0, 0.05) is 68.9 Å². The van der Waals surface area contributed by atoms with Crippen molar-refractivity contribution in [3.63, 3.8) is 0 Å². The van der Waals surface area contributed by atoms with Gasteiger partial charge in [0.25, 0.3) is 0 Å². The molecule has 14 heteroatoms. The molecular formula is C36H40F2N10O2. The molecule has 3 aromatic heterocycles. The average molecular weight is 683 g/mol. The van der Waals surface area contributed by atoms with E-state index < -0.39 is 17.3 Å². The molecule has 5 heterocycles. The number of anilines is 3. The van der Waals surface area contributed by atoms with Gasteiger partial charge in [-0.15, -0.1) is 0 Å². The van der Waals surface area contributed by atoms with Crippen LogP contribution in [0, 0.1) is 11.6 Å². The molecule has 1 amide bonds. The summed E-state index contributed by atoms with van der Waals surface area (Å²) < 4.78 is 33.1. The van der Waals surface area contributed by atoms with Crippen molar-refractivity contribution in [1.82, 2.24) is 34.7 Å². The number of rotatable bonds is 7. The largest absolute Gasteiger partial charge is 0.398 e. The van der Waals surface area contributed by atoms with Gasteiger partial charge in [0.15, 0.2) is 11.5 Å². The minimum Gasteiger partial charge on any atom is -0.398 e. The molecular weight excluding hydrogens is 642 g/mol. The number of fused-ring (bicyclic) bond motifs is 1. The highest BCUT2D eigenvalue weighted by Crippen LogP contribution is 2.48. The number of pyridine rings is 1. The third-order valence-electron chi connectivity index (χ3n) is 10.3. The zero-order valence-electron chi connectivity index (χ0n) is 28.2. The first-order valence-electron chi connectivity index (χ1n) is 17.4. The number of nitrogens with zero attached hydrogens (tertiary/aromatic N) is 8. The molecule has 0 bridgehead atoms. The second-order valence-corrected chi connectivity index (χ2v) is 13.9. The number of nitrogen functional groups attached to an aromatic ring is 1. The molecule has 12 nitrogen and oxygen atoms in total. The van der Waals surface area contributed by atoms with E-state index in [-0.39, 0.29) is 63.6 Å². The first kappa shape index (κ1) is 32.2. The van der Waals surface area contributed by atoms with E-state index >= 15 is 8.78 Å². The van der Waals surface area contributed by atoms with E-state index in [9.17, 15) is 9.59 Å². The van der Waals surface area contributed by atoms with Crippen LogP contribution in [-0.2, 0) is 4.79 Å². The highest BCUT2D eigenvalue weighted by molar-refractivity contribution is 5.92. The van der Waals surface area contributed by atoms with E-state index in [2.05, 4.69) is 21.8 Å². The number of aromatic nitrogens is 5. The summed E-state index contributed by atoms with van der Waals surface area (Å²) in [5.41, 5.74) is 7.28. The van der Waals surface area contributed by atoms with Crippen molar-refractivity contribution in [3.8, 4) is 16.9 Å². The van der Waals surface area contributed by atoms with Gasteiger partial charge in [-0.2, -0.15) is 4.98 Å². The summed E-state index contributed by atoms with van der Waals surface area (Å²) in [5, 5.41) is 3.65. The van der Waals surface area contributed by atoms with Crippen LogP contribution in [0.2, 0.25) is 0 Å². The van der Waals surface area contributed by atoms with Gasteiger partial charge < -0.3 is 25.8 Å². The Morgan fingerprint density at radius 1 is 0.960 bits per heavy atom. The lowest BCUT2D eigenvalue weighted by Crippen LogP contribution is -2.58. The van der Waals surface area contributed by atoms with E-state index in [1.807, 2.05) is 18.7 Å². The van der Waals surface area contributed by atoms with Gasteiger partial charge in [0.1, 0.15) is 17.3 Å². The van der Waals surface area contributed by atoms with E-state index in [1.165, 1.54) is 34.9 Å². The zero-order chi connectivity index (χ0) is 34.8. The molecule has 3 N–H and O–H groups in total. The monoisotopic (exact) mass is 682 g/mol. The van der Waals surface area contributed by atoms with Gasteiger partial charge in [-0.25, -0.2) is 33.1 Å². The van der Waals surface area contributed by atoms with Crippen LogP contribution in [0.25, 0.3) is 28.0 Å². The van der Waals surface area contributed by atoms with Crippen LogP contribution in [0.3, 0.4) is 0 Å². The number of amides is 1. The van der Waals surface area contributed by atoms with Crippen molar-refractivity contribution in [1.29, 1.82) is 0 Å². The first-order chi connectivity index (χ1) is 24.1. The number of hydrogen-bond acceptors (Lipinski definition) is 10. The molecule has 4 aromatic rings. The smallest absolute Gasteiger partial charge is 0.355 e. The quantitative estimate of drug-likeness (QED) is 0.218. The molecule has 2 aliphatic heterocycles. The summed E-state index contributed by atoms with van der Waals surface area (Å²) in [5.74, 6) is -0.606. The number of halogens is 2. The summed E-state index contributed by atoms with van der Waals surface area (Å²) in [6, 6.07) is 4.88. The zero-order valence-corrected chi connectivity index (χ0v) is 28.2. The maximum absolute atomic E-state index is 16.3. The minimum absolute atomic E-state index is 0.0189. The SMILES string of the molecule is C=CC(=O)N1C[C@H](C)N(c2nc(=O)n(-c3c(C4CC4)nc(N4CCNCC4)nc3C3CC3)c3nc(-c4c(N)cccc4F)c(F)cc23)C[C@H]1C. The summed E-state index contributed by atoms with van der Waals surface area (Å²) in [6.45, 7) is 11.3.